The highest BCUT2D eigenvalue weighted by Gasteiger charge is 2.25. The van der Waals surface area contributed by atoms with Crippen LogP contribution in [0.1, 0.15) is 18.9 Å². The first-order valence-corrected chi connectivity index (χ1v) is 5.08. The minimum atomic E-state index is 0.629. The maximum atomic E-state index is 5.71. The SMILES string of the molecule is Nc1cncc(-c2nccn2C2CC2)c1. The van der Waals surface area contributed by atoms with Crippen LogP contribution < -0.4 is 5.73 Å². The Morgan fingerprint density at radius 2 is 2.20 bits per heavy atom. The lowest BCUT2D eigenvalue weighted by atomic mass is 10.2. The van der Waals surface area contributed by atoms with Gasteiger partial charge in [-0.1, -0.05) is 0 Å². The van der Waals surface area contributed by atoms with E-state index in [1.54, 1.807) is 12.4 Å². The second-order valence-electron chi connectivity index (χ2n) is 3.90. The van der Waals surface area contributed by atoms with Gasteiger partial charge in [0.2, 0.25) is 0 Å². The Morgan fingerprint density at radius 3 is 2.93 bits per heavy atom. The van der Waals surface area contributed by atoms with Crippen LogP contribution in [-0.2, 0) is 0 Å². The summed E-state index contributed by atoms with van der Waals surface area (Å²) >= 11 is 0. The number of aromatic nitrogens is 3. The van der Waals surface area contributed by atoms with Crippen molar-refractivity contribution in [2.75, 3.05) is 5.73 Å². The van der Waals surface area contributed by atoms with Crippen molar-refractivity contribution in [3.05, 3.63) is 30.9 Å². The van der Waals surface area contributed by atoms with E-state index in [1.807, 2.05) is 18.5 Å². The Bertz CT molecular complexity index is 485. The van der Waals surface area contributed by atoms with Crippen LogP contribution >= 0.6 is 0 Å². The molecule has 2 aromatic rings. The molecule has 1 aliphatic rings. The Hall–Kier alpha value is -1.84. The van der Waals surface area contributed by atoms with Gasteiger partial charge in [-0.25, -0.2) is 4.98 Å². The molecule has 0 aromatic carbocycles. The lowest BCUT2D eigenvalue weighted by Crippen LogP contribution is -1.97. The van der Waals surface area contributed by atoms with Crippen molar-refractivity contribution in [3.63, 3.8) is 0 Å². The van der Waals surface area contributed by atoms with E-state index in [0.717, 1.165) is 11.4 Å². The molecule has 2 aromatic heterocycles. The van der Waals surface area contributed by atoms with Gasteiger partial charge in [0.05, 0.1) is 5.69 Å². The van der Waals surface area contributed by atoms with E-state index in [-0.39, 0.29) is 0 Å². The zero-order valence-corrected chi connectivity index (χ0v) is 8.30. The van der Waals surface area contributed by atoms with E-state index in [9.17, 15) is 0 Å². The van der Waals surface area contributed by atoms with Crippen LogP contribution in [-0.4, -0.2) is 14.5 Å². The fraction of sp³-hybridized carbons (Fsp3) is 0.273. The maximum Gasteiger partial charge on any atom is 0.141 e. The van der Waals surface area contributed by atoms with E-state index in [2.05, 4.69) is 14.5 Å². The zero-order chi connectivity index (χ0) is 10.3. The number of pyridine rings is 1. The summed E-state index contributed by atoms with van der Waals surface area (Å²) in [6, 6.07) is 2.54. The summed E-state index contributed by atoms with van der Waals surface area (Å²) in [6.45, 7) is 0. The molecule has 0 saturated heterocycles. The molecule has 0 spiro atoms. The molecule has 2 heterocycles. The standard InChI is InChI=1S/C11H12N4/c12-9-5-8(6-13-7-9)11-14-3-4-15(11)10-1-2-10/h3-7,10H,1-2,12H2. The minimum Gasteiger partial charge on any atom is -0.397 e. The molecule has 0 aliphatic heterocycles. The molecule has 0 unspecified atom stereocenters. The fourth-order valence-electron chi connectivity index (χ4n) is 1.76. The molecule has 0 bridgehead atoms. The van der Waals surface area contributed by atoms with E-state index in [1.165, 1.54) is 12.8 Å². The van der Waals surface area contributed by atoms with Crippen LogP contribution in [0.15, 0.2) is 30.9 Å². The van der Waals surface area contributed by atoms with Crippen molar-refractivity contribution >= 4 is 5.69 Å². The third-order valence-corrected chi connectivity index (χ3v) is 2.63. The van der Waals surface area contributed by atoms with Crippen LogP contribution in [0.2, 0.25) is 0 Å². The zero-order valence-electron chi connectivity index (χ0n) is 8.30. The number of hydrogen-bond acceptors (Lipinski definition) is 3. The third kappa shape index (κ3) is 1.48. The van der Waals surface area contributed by atoms with Gasteiger partial charge in [0.1, 0.15) is 5.82 Å². The topological polar surface area (TPSA) is 56.7 Å². The van der Waals surface area contributed by atoms with E-state index in [4.69, 9.17) is 5.73 Å². The Morgan fingerprint density at radius 1 is 1.33 bits per heavy atom. The number of nitrogens with two attached hydrogens (primary N) is 1. The van der Waals surface area contributed by atoms with Gasteiger partial charge < -0.3 is 10.3 Å². The van der Waals surface area contributed by atoms with Gasteiger partial charge in [0.25, 0.3) is 0 Å². The Labute approximate surface area is 87.8 Å². The van der Waals surface area contributed by atoms with Crippen LogP contribution in [0.3, 0.4) is 0 Å². The number of hydrogen-bond donors (Lipinski definition) is 1. The smallest absolute Gasteiger partial charge is 0.141 e. The summed E-state index contributed by atoms with van der Waals surface area (Å²) in [7, 11) is 0. The molecule has 1 saturated carbocycles. The number of nitrogens with zero attached hydrogens (tertiary/aromatic N) is 3. The summed E-state index contributed by atoms with van der Waals surface area (Å²) in [5.41, 5.74) is 7.38. The molecule has 4 nitrogen and oxygen atoms in total. The number of imidazole rings is 1. The molecule has 0 radical (unpaired) electrons. The second-order valence-corrected chi connectivity index (χ2v) is 3.90. The van der Waals surface area contributed by atoms with Crippen molar-refractivity contribution in [2.45, 2.75) is 18.9 Å². The predicted octanol–water partition coefficient (Wildman–Crippen LogP) is 1.86. The normalized spacial score (nSPS) is 15.5. The third-order valence-electron chi connectivity index (χ3n) is 2.63. The molecule has 0 atom stereocenters. The van der Waals surface area contributed by atoms with Crippen LogP contribution in [0.5, 0.6) is 0 Å². The minimum absolute atomic E-state index is 0.629. The van der Waals surface area contributed by atoms with Crippen molar-refractivity contribution in [1.29, 1.82) is 0 Å². The number of nitrogen functional groups attached to an aromatic ring is 1. The van der Waals surface area contributed by atoms with Crippen molar-refractivity contribution < 1.29 is 0 Å². The van der Waals surface area contributed by atoms with Crippen molar-refractivity contribution in [1.82, 2.24) is 14.5 Å². The van der Waals surface area contributed by atoms with Gasteiger partial charge in [-0.05, 0) is 18.9 Å². The monoisotopic (exact) mass is 200 g/mol. The largest absolute Gasteiger partial charge is 0.397 e. The number of rotatable bonds is 2. The Kier molecular flexibility index (Phi) is 1.74. The first kappa shape index (κ1) is 8.47. The van der Waals surface area contributed by atoms with Gasteiger partial charge >= 0.3 is 0 Å². The van der Waals surface area contributed by atoms with Crippen molar-refractivity contribution in [2.24, 2.45) is 0 Å². The van der Waals surface area contributed by atoms with Gasteiger partial charge in [-0.3, -0.25) is 4.98 Å². The second kappa shape index (κ2) is 3.08. The van der Waals surface area contributed by atoms with E-state index >= 15 is 0 Å². The number of anilines is 1. The maximum absolute atomic E-state index is 5.71. The van der Waals surface area contributed by atoms with Crippen LogP contribution in [0.25, 0.3) is 11.4 Å². The average molecular weight is 200 g/mol. The highest BCUT2D eigenvalue weighted by molar-refractivity contribution is 5.59. The van der Waals surface area contributed by atoms with Gasteiger partial charge in [-0.15, -0.1) is 0 Å². The quantitative estimate of drug-likeness (QED) is 0.805. The molecule has 1 aliphatic carbocycles. The molecule has 4 heteroatoms. The summed E-state index contributed by atoms with van der Waals surface area (Å²) < 4.78 is 2.20. The van der Waals surface area contributed by atoms with Gasteiger partial charge in [-0.2, -0.15) is 0 Å². The molecule has 76 valence electrons. The fourth-order valence-corrected chi connectivity index (χ4v) is 1.76. The van der Waals surface area contributed by atoms with Crippen LogP contribution in [0.4, 0.5) is 5.69 Å². The van der Waals surface area contributed by atoms with Crippen molar-refractivity contribution in [3.8, 4) is 11.4 Å². The van der Waals surface area contributed by atoms with Gasteiger partial charge in [0, 0.05) is 36.4 Å². The summed E-state index contributed by atoms with van der Waals surface area (Å²) in [4.78, 5) is 8.44. The summed E-state index contributed by atoms with van der Waals surface area (Å²) in [5.74, 6) is 0.970. The van der Waals surface area contributed by atoms with Gasteiger partial charge in [0.15, 0.2) is 0 Å². The highest BCUT2D eigenvalue weighted by Crippen LogP contribution is 2.37. The first-order valence-electron chi connectivity index (χ1n) is 5.08. The van der Waals surface area contributed by atoms with Crippen LogP contribution in [0, 0.1) is 0 Å². The molecule has 2 N–H and O–H groups in total. The molecular weight excluding hydrogens is 188 g/mol. The predicted molar refractivity (Wildman–Crippen MR) is 58.1 cm³/mol. The first-order chi connectivity index (χ1) is 7.34. The lowest BCUT2D eigenvalue weighted by Gasteiger charge is -2.05. The highest BCUT2D eigenvalue weighted by atomic mass is 15.1. The average Bonchev–Trinajstić information content (AvgIpc) is 2.96. The molecule has 15 heavy (non-hydrogen) atoms. The Balaban J connectivity index is 2.07. The lowest BCUT2D eigenvalue weighted by molar-refractivity contribution is 0.749. The van der Waals surface area contributed by atoms with E-state index < -0.39 is 0 Å². The molecular formula is C11H12N4. The summed E-state index contributed by atoms with van der Waals surface area (Å²) in [6.07, 6.45) is 9.80. The molecule has 3 rings (SSSR count). The molecule has 1 fully saturated rings. The molecule has 0 amide bonds. The van der Waals surface area contributed by atoms with E-state index in [0.29, 0.717) is 11.7 Å². The summed E-state index contributed by atoms with van der Waals surface area (Å²) in [5, 5.41) is 0.